The van der Waals surface area contributed by atoms with Gasteiger partial charge in [-0.2, -0.15) is 0 Å². The Balaban J connectivity index is 2.10. The second kappa shape index (κ2) is 7.81. The van der Waals surface area contributed by atoms with Crippen molar-refractivity contribution >= 4 is 5.69 Å². The lowest BCUT2D eigenvalue weighted by atomic mass is 10.0. The van der Waals surface area contributed by atoms with Gasteiger partial charge in [0.2, 0.25) is 0 Å². The zero-order valence-electron chi connectivity index (χ0n) is 14.1. The highest BCUT2D eigenvalue weighted by atomic mass is 15.3. The molecule has 0 amide bonds. The van der Waals surface area contributed by atoms with Crippen molar-refractivity contribution in [1.29, 1.82) is 0 Å². The zero-order chi connectivity index (χ0) is 15.2. The number of rotatable bonds is 6. The summed E-state index contributed by atoms with van der Waals surface area (Å²) in [6, 6.07) is 10.1. The highest BCUT2D eigenvalue weighted by Crippen LogP contribution is 2.29. The summed E-state index contributed by atoms with van der Waals surface area (Å²) in [5.41, 5.74) is 2.86. The van der Waals surface area contributed by atoms with Gasteiger partial charge in [0.15, 0.2) is 0 Å². The summed E-state index contributed by atoms with van der Waals surface area (Å²) >= 11 is 0. The van der Waals surface area contributed by atoms with Gasteiger partial charge < -0.3 is 10.2 Å². The molecule has 2 unspecified atom stereocenters. The van der Waals surface area contributed by atoms with Crippen LogP contribution in [0.1, 0.15) is 45.2 Å². The monoisotopic (exact) mass is 289 g/mol. The first-order chi connectivity index (χ1) is 10.2. The Hall–Kier alpha value is -1.06. The van der Waals surface area contributed by atoms with Crippen LogP contribution in [0, 0.1) is 0 Å². The Bertz CT molecular complexity index is 420. The molecule has 2 atom stereocenters. The second-order valence-electron chi connectivity index (χ2n) is 6.09. The van der Waals surface area contributed by atoms with Crippen molar-refractivity contribution in [3.8, 4) is 0 Å². The maximum Gasteiger partial charge on any atom is 0.0415 e. The molecule has 1 N–H and O–H groups in total. The highest BCUT2D eigenvalue weighted by molar-refractivity contribution is 5.55. The van der Waals surface area contributed by atoms with E-state index in [1.54, 1.807) is 0 Å². The first kappa shape index (κ1) is 16.3. The maximum absolute atomic E-state index is 3.45. The Kier molecular flexibility index (Phi) is 6.07. The van der Waals surface area contributed by atoms with Gasteiger partial charge in [-0.25, -0.2) is 0 Å². The van der Waals surface area contributed by atoms with E-state index in [2.05, 4.69) is 67.2 Å². The number of para-hydroxylation sites is 1. The number of anilines is 1. The standard InChI is InChI=1S/C18H31N3/c1-5-15(3)20-11-13-21(14-12-20)18-10-8-7-9-16(18)17(6-2)19-4/h7-10,15,17,19H,5-6,11-14H2,1-4H3. The summed E-state index contributed by atoms with van der Waals surface area (Å²) in [5.74, 6) is 0. The van der Waals surface area contributed by atoms with E-state index in [0.29, 0.717) is 12.1 Å². The molecule has 1 heterocycles. The molecular weight excluding hydrogens is 258 g/mol. The summed E-state index contributed by atoms with van der Waals surface area (Å²) < 4.78 is 0. The molecule has 0 aliphatic carbocycles. The van der Waals surface area contributed by atoms with Crippen LogP contribution in [0.3, 0.4) is 0 Å². The summed E-state index contributed by atoms with van der Waals surface area (Å²) in [6.45, 7) is 11.5. The fourth-order valence-electron chi connectivity index (χ4n) is 3.31. The molecule has 0 saturated carbocycles. The van der Waals surface area contributed by atoms with Crippen molar-refractivity contribution in [3.05, 3.63) is 29.8 Å². The van der Waals surface area contributed by atoms with E-state index in [1.807, 2.05) is 0 Å². The van der Waals surface area contributed by atoms with Gasteiger partial charge in [0.1, 0.15) is 0 Å². The molecule has 1 saturated heterocycles. The summed E-state index contributed by atoms with van der Waals surface area (Å²) in [5, 5.41) is 3.45. The first-order valence-corrected chi connectivity index (χ1v) is 8.46. The molecule has 1 aromatic carbocycles. The largest absolute Gasteiger partial charge is 0.369 e. The zero-order valence-corrected chi connectivity index (χ0v) is 14.1. The molecule has 1 fully saturated rings. The molecule has 2 rings (SSSR count). The third-order valence-corrected chi connectivity index (χ3v) is 4.94. The molecule has 118 valence electrons. The van der Waals surface area contributed by atoms with Gasteiger partial charge in [-0.3, -0.25) is 4.90 Å². The molecule has 1 aromatic rings. The highest BCUT2D eigenvalue weighted by Gasteiger charge is 2.22. The smallest absolute Gasteiger partial charge is 0.0415 e. The number of hydrogen-bond acceptors (Lipinski definition) is 3. The Morgan fingerprint density at radius 2 is 1.71 bits per heavy atom. The summed E-state index contributed by atoms with van der Waals surface area (Å²) in [7, 11) is 2.06. The molecule has 0 aromatic heterocycles. The van der Waals surface area contributed by atoms with Crippen LogP contribution in [0.15, 0.2) is 24.3 Å². The minimum Gasteiger partial charge on any atom is -0.369 e. The van der Waals surface area contributed by atoms with E-state index in [0.717, 1.165) is 19.5 Å². The lowest BCUT2D eigenvalue weighted by molar-refractivity contribution is 0.192. The van der Waals surface area contributed by atoms with Crippen LogP contribution in [0.4, 0.5) is 5.69 Å². The van der Waals surface area contributed by atoms with Crippen LogP contribution >= 0.6 is 0 Å². The molecule has 1 aliphatic rings. The predicted molar refractivity (Wildman–Crippen MR) is 92.1 cm³/mol. The van der Waals surface area contributed by atoms with Crippen LogP contribution in [0.5, 0.6) is 0 Å². The average molecular weight is 289 g/mol. The summed E-state index contributed by atoms with van der Waals surface area (Å²) in [6.07, 6.45) is 2.37. The van der Waals surface area contributed by atoms with Gasteiger partial charge in [0, 0.05) is 44.0 Å². The van der Waals surface area contributed by atoms with Crippen LogP contribution in [-0.4, -0.2) is 44.2 Å². The fourth-order valence-corrected chi connectivity index (χ4v) is 3.31. The lowest BCUT2D eigenvalue weighted by Gasteiger charge is -2.40. The molecule has 3 nitrogen and oxygen atoms in total. The molecule has 3 heteroatoms. The van der Waals surface area contributed by atoms with E-state index in [4.69, 9.17) is 0 Å². The SMILES string of the molecule is CCC(NC)c1ccccc1N1CCN(C(C)CC)CC1. The molecule has 1 aliphatic heterocycles. The van der Waals surface area contributed by atoms with Gasteiger partial charge >= 0.3 is 0 Å². The summed E-state index contributed by atoms with van der Waals surface area (Å²) in [4.78, 5) is 5.18. The van der Waals surface area contributed by atoms with Crippen molar-refractivity contribution < 1.29 is 0 Å². The Labute approximate surface area is 130 Å². The third-order valence-electron chi connectivity index (χ3n) is 4.94. The van der Waals surface area contributed by atoms with Crippen molar-refractivity contribution in [2.45, 2.75) is 45.7 Å². The normalized spacial score (nSPS) is 19.5. The van der Waals surface area contributed by atoms with Crippen LogP contribution in [0.25, 0.3) is 0 Å². The number of hydrogen-bond donors (Lipinski definition) is 1. The van der Waals surface area contributed by atoms with Gasteiger partial charge in [0.25, 0.3) is 0 Å². The Morgan fingerprint density at radius 3 is 2.29 bits per heavy atom. The fraction of sp³-hybridized carbons (Fsp3) is 0.667. The van der Waals surface area contributed by atoms with Crippen molar-refractivity contribution in [1.82, 2.24) is 10.2 Å². The van der Waals surface area contributed by atoms with E-state index in [1.165, 1.54) is 30.8 Å². The predicted octanol–water partition coefficient (Wildman–Crippen LogP) is 3.28. The van der Waals surface area contributed by atoms with Crippen molar-refractivity contribution in [2.75, 3.05) is 38.1 Å². The van der Waals surface area contributed by atoms with E-state index in [9.17, 15) is 0 Å². The number of nitrogens with zero attached hydrogens (tertiary/aromatic N) is 2. The van der Waals surface area contributed by atoms with Gasteiger partial charge in [-0.05, 0) is 38.4 Å². The molecule has 0 radical (unpaired) electrons. The van der Waals surface area contributed by atoms with Crippen molar-refractivity contribution in [2.24, 2.45) is 0 Å². The van der Waals surface area contributed by atoms with Crippen molar-refractivity contribution in [3.63, 3.8) is 0 Å². The van der Waals surface area contributed by atoms with Crippen LogP contribution in [0.2, 0.25) is 0 Å². The van der Waals surface area contributed by atoms with E-state index >= 15 is 0 Å². The maximum atomic E-state index is 3.45. The van der Waals surface area contributed by atoms with Gasteiger partial charge in [-0.15, -0.1) is 0 Å². The molecule has 0 bridgehead atoms. The molecule has 0 spiro atoms. The van der Waals surface area contributed by atoms with E-state index < -0.39 is 0 Å². The second-order valence-corrected chi connectivity index (χ2v) is 6.09. The topological polar surface area (TPSA) is 18.5 Å². The number of benzene rings is 1. The van der Waals surface area contributed by atoms with E-state index in [-0.39, 0.29) is 0 Å². The third kappa shape index (κ3) is 3.78. The lowest BCUT2D eigenvalue weighted by Crippen LogP contribution is -2.49. The minimum absolute atomic E-state index is 0.453. The first-order valence-electron chi connectivity index (χ1n) is 8.46. The van der Waals surface area contributed by atoms with Crippen LogP contribution in [-0.2, 0) is 0 Å². The van der Waals surface area contributed by atoms with Crippen LogP contribution < -0.4 is 10.2 Å². The molecule has 21 heavy (non-hydrogen) atoms. The molecular formula is C18H31N3. The van der Waals surface area contributed by atoms with Gasteiger partial charge in [-0.1, -0.05) is 32.0 Å². The quantitative estimate of drug-likeness (QED) is 0.867. The average Bonchev–Trinajstić information content (AvgIpc) is 2.56. The Morgan fingerprint density at radius 1 is 1.05 bits per heavy atom. The van der Waals surface area contributed by atoms with Gasteiger partial charge in [0.05, 0.1) is 0 Å². The number of nitrogens with one attached hydrogen (secondary N) is 1. The minimum atomic E-state index is 0.453. The number of piperazine rings is 1.